The molecule has 1 aliphatic rings. The van der Waals surface area contributed by atoms with Crippen molar-refractivity contribution in [3.63, 3.8) is 0 Å². The molecule has 150 valence electrons. The van der Waals surface area contributed by atoms with Crippen molar-refractivity contribution in [1.82, 2.24) is 10.6 Å². The van der Waals surface area contributed by atoms with Crippen LogP contribution in [0.15, 0.2) is 77.9 Å². The summed E-state index contributed by atoms with van der Waals surface area (Å²) in [6, 6.07) is 14.4. The number of nitrogens with two attached hydrogens (primary N) is 1. The molecule has 3 rings (SSSR count). The Labute approximate surface area is 166 Å². The minimum Gasteiger partial charge on any atom is -0.504 e. The number of hydrogen-bond acceptors (Lipinski definition) is 5. The Morgan fingerprint density at radius 3 is 2.31 bits per heavy atom. The van der Waals surface area contributed by atoms with Crippen molar-refractivity contribution in [2.75, 3.05) is 0 Å². The lowest BCUT2D eigenvalue weighted by Gasteiger charge is -2.34. The van der Waals surface area contributed by atoms with Crippen molar-refractivity contribution < 1.29 is 24.2 Å². The standard InChI is InChI=1S/C21H20FN3O4/c22-15-8-6-14(7-9-15)12-24-19(28)17-18(27)16(26)11-21(25-17,20(23)29)10-13-4-2-1-3-5-13/h1-9,11,25-27H,10,12H2,(H2,23,29)(H,24,28). The SMILES string of the molecule is NC(=O)C1(Cc2ccccc2)C=C(O)C(O)=C(C(=O)NCc2ccc(F)cc2)N1. The lowest BCUT2D eigenvalue weighted by Crippen LogP contribution is -2.58. The van der Waals surface area contributed by atoms with E-state index in [1.807, 2.05) is 6.07 Å². The van der Waals surface area contributed by atoms with E-state index in [0.717, 1.165) is 11.6 Å². The smallest absolute Gasteiger partial charge is 0.271 e. The van der Waals surface area contributed by atoms with E-state index in [4.69, 9.17) is 5.73 Å². The molecule has 1 aliphatic heterocycles. The largest absolute Gasteiger partial charge is 0.504 e. The lowest BCUT2D eigenvalue weighted by molar-refractivity contribution is -0.123. The Morgan fingerprint density at radius 1 is 1.03 bits per heavy atom. The number of nitrogens with one attached hydrogen (secondary N) is 2. The molecule has 7 nitrogen and oxygen atoms in total. The molecule has 0 spiro atoms. The monoisotopic (exact) mass is 397 g/mol. The molecule has 1 atom stereocenters. The van der Waals surface area contributed by atoms with Crippen LogP contribution >= 0.6 is 0 Å². The first-order chi connectivity index (χ1) is 13.8. The normalized spacial score (nSPS) is 18.6. The van der Waals surface area contributed by atoms with Crippen LogP contribution in [0.5, 0.6) is 0 Å². The van der Waals surface area contributed by atoms with Gasteiger partial charge in [-0.2, -0.15) is 0 Å². The average Bonchev–Trinajstić information content (AvgIpc) is 2.70. The number of aliphatic hydroxyl groups excluding tert-OH is 2. The van der Waals surface area contributed by atoms with Gasteiger partial charge >= 0.3 is 0 Å². The van der Waals surface area contributed by atoms with Crippen molar-refractivity contribution >= 4 is 11.8 Å². The highest BCUT2D eigenvalue weighted by Crippen LogP contribution is 2.26. The molecule has 2 aromatic carbocycles. The van der Waals surface area contributed by atoms with E-state index in [1.54, 1.807) is 24.3 Å². The number of carbonyl (C=O) groups excluding carboxylic acids is 2. The summed E-state index contributed by atoms with van der Waals surface area (Å²) in [6.45, 7) is 0.0459. The number of hydrogen-bond donors (Lipinski definition) is 5. The van der Waals surface area contributed by atoms with Gasteiger partial charge in [-0.05, 0) is 29.3 Å². The molecule has 0 aromatic heterocycles. The van der Waals surface area contributed by atoms with Crippen LogP contribution < -0.4 is 16.4 Å². The van der Waals surface area contributed by atoms with Crippen LogP contribution in [0.1, 0.15) is 11.1 Å². The topological polar surface area (TPSA) is 125 Å². The summed E-state index contributed by atoms with van der Waals surface area (Å²) in [5, 5.41) is 25.6. The van der Waals surface area contributed by atoms with E-state index in [2.05, 4.69) is 10.6 Å². The quantitative estimate of drug-likeness (QED) is 0.508. The van der Waals surface area contributed by atoms with Crippen molar-refractivity contribution in [3.05, 3.63) is 94.8 Å². The van der Waals surface area contributed by atoms with Gasteiger partial charge in [0.2, 0.25) is 5.91 Å². The van der Waals surface area contributed by atoms with Crippen LogP contribution in [-0.4, -0.2) is 27.6 Å². The van der Waals surface area contributed by atoms with Crippen LogP contribution in [0.25, 0.3) is 0 Å². The molecule has 0 saturated heterocycles. The third kappa shape index (κ3) is 4.37. The van der Waals surface area contributed by atoms with Crippen molar-refractivity contribution in [2.45, 2.75) is 18.5 Å². The van der Waals surface area contributed by atoms with E-state index in [1.165, 1.54) is 24.3 Å². The summed E-state index contributed by atoms with van der Waals surface area (Å²) in [7, 11) is 0. The average molecular weight is 397 g/mol. The third-order valence-corrected chi connectivity index (χ3v) is 4.57. The van der Waals surface area contributed by atoms with E-state index >= 15 is 0 Å². The van der Waals surface area contributed by atoms with Crippen LogP contribution in [0.2, 0.25) is 0 Å². The molecule has 0 saturated carbocycles. The number of amides is 2. The second kappa shape index (κ2) is 8.05. The number of carbonyl (C=O) groups is 2. The fraction of sp³-hybridized carbons (Fsp3) is 0.143. The Balaban J connectivity index is 1.83. The van der Waals surface area contributed by atoms with Gasteiger partial charge < -0.3 is 26.6 Å². The lowest BCUT2D eigenvalue weighted by atomic mass is 9.86. The molecule has 0 bridgehead atoms. The number of rotatable bonds is 6. The van der Waals surface area contributed by atoms with Gasteiger partial charge in [0.25, 0.3) is 5.91 Å². The highest BCUT2D eigenvalue weighted by atomic mass is 19.1. The van der Waals surface area contributed by atoms with Crippen molar-refractivity contribution in [3.8, 4) is 0 Å². The zero-order chi connectivity index (χ0) is 21.0. The van der Waals surface area contributed by atoms with E-state index in [0.29, 0.717) is 5.56 Å². The van der Waals surface area contributed by atoms with Gasteiger partial charge in [0.05, 0.1) is 0 Å². The van der Waals surface area contributed by atoms with Gasteiger partial charge in [-0.25, -0.2) is 4.39 Å². The number of primary amides is 1. The molecular formula is C21H20FN3O4. The zero-order valence-electron chi connectivity index (χ0n) is 15.4. The molecular weight excluding hydrogens is 377 g/mol. The van der Waals surface area contributed by atoms with Gasteiger partial charge in [0.15, 0.2) is 11.5 Å². The Kier molecular flexibility index (Phi) is 5.54. The van der Waals surface area contributed by atoms with Gasteiger partial charge in [-0.3, -0.25) is 9.59 Å². The molecule has 0 fully saturated rings. The van der Waals surface area contributed by atoms with Crippen molar-refractivity contribution in [2.24, 2.45) is 5.73 Å². The van der Waals surface area contributed by atoms with Crippen LogP contribution in [0, 0.1) is 5.82 Å². The number of dihydropyridines is 1. The third-order valence-electron chi connectivity index (χ3n) is 4.57. The molecule has 8 heteroatoms. The molecule has 0 radical (unpaired) electrons. The molecule has 2 amide bonds. The first-order valence-electron chi connectivity index (χ1n) is 8.81. The summed E-state index contributed by atoms with van der Waals surface area (Å²) < 4.78 is 13.0. The summed E-state index contributed by atoms with van der Waals surface area (Å²) in [5.41, 5.74) is 4.93. The molecule has 6 N–H and O–H groups in total. The highest BCUT2D eigenvalue weighted by molar-refractivity contribution is 5.97. The number of aliphatic hydroxyl groups is 2. The van der Waals surface area contributed by atoms with E-state index < -0.39 is 34.7 Å². The fourth-order valence-corrected chi connectivity index (χ4v) is 3.02. The second-order valence-electron chi connectivity index (χ2n) is 6.69. The summed E-state index contributed by atoms with van der Waals surface area (Å²) in [6.07, 6.45) is 1.14. The summed E-state index contributed by atoms with van der Waals surface area (Å²) in [5.74, 6) is -3.33. The van der Waals surface area contributed by atoms with Gasteiger partial charge in [-0.1, -0.05) is 42.5 Å². The number of benzene rings is 2. The Morgan fingerprint density at radius 2 is 1.69 bits per heavy atom. The minimum absolute atomic E-state index is 0.0459. The molecule has 1 heterocycles. The first-order valence-corrected chi connectivity index (χ1v) is 8.81. The zero-order valence-corrected chi connectivity index (χ0v) is 15.4. The maximum atomic E-state index is 13.0. The molecule has 0 aliphatic carbocycles. The Hall–Kier alpha value is -3.81. The van der Waals surface area contributed by atoms with Crippen LogP contribution in [0.4, 0.5) is 4.39 Å². The predicted octanol–water partition coefficient (Wildman–Crippen LogP) is 1.72. The van der Waals surface area contributed by atoms with Gasteiger partial charge in [0, 0.05) is 13.0 Å². The fourth-order valence-electron chi connectivity index (χ4n) is 3.02. The minimum atomic E-state index is -1.61. The van der Waals surface area contributed by atoms with Crippen molar-refractivity contribution in [1.29, 1.82) is 0 Å². The molecule has 2 aromatic rings. The first kappa shape index (κ1) is 19.9. The molecule has 29 heavy (non-hydrogen) atoms. The van der Waals surface area contributed by atoms with Crippen LogP contribution in [-0.2, 0) is 22.6 Å². The van der Waals surface area contributed by atoms with E-state index in [9.17, 15) is 24.2 Å². The van der Waals surface area contributed by atoms with Crippen LogP contribution in [0.3, 0.4) is 0 Å². The molecule has 1 unspecified atom stereocenters. The maximum Gasteiger partial charge on any atom is 0.271 e. The number of halogens is 1. The maximum absolute atomic E-state index is 13.0. The highest BCUT2D eigenvalue weighted by Gasteiger charge is 2.42. The summed E-state index contributed by atoms with van der Waals surface area (Å²) >= 11 is 0. The predicted molar refractivity (Wildman–Crippen MR) is 104 cm³/mol. The van der Waals surface area contributed by atoms with E-state index in [-0.39, 0.29) is 18.7 Å². The Bertz CT molecular complexity index is 987. The second-order valence-corrected chi connectivity index (χ2v) is 6.69. The van der Waals surface area contributed by atoms with Gasteiger partial charge in [-0.15, -0.1) is 0 Å². The van der Waals surface area contributed by atoms with Gasteiger partial charge in [0.1, 0.15) is 17.1 Å². The summed E-state index contributed by atoms with van der Waals surface area (Å²) in [4.78, 5) is 24.8.